The standard InChI is InChI=1S/C20H19N5O2.2ClH/c26-10-8-16(13-5-2-1-3-6-13)23-20-24-17(19(27)25-20)11-14-12-22-18-15(14)7-4-9-21-18;;/h1-7,9,11-12,16,26H,8,10H2,(H,21,22)(H2,23,24,25,27);2*1H/b17-11-;;. The molecule has 1 aromatic carbocycles. The third kappa shape index (κ3) is 4.95. The number of amides is 1. The Balaban J connectivity index is 0.00000150. The molecule has 4 N–H and O–H groups in total. The number of aliphatic hydroxyl groups excluding tert-OH is 1. The molecule has 29 heavy (non-hydrogen) atoms. The number of carbonyl (C=O) groups excluding carboxylic acids is 1. The molecule has 0 fully saturated rings. The molecule has 4 rings (SSSR count). The highest BCUT2D eigenvalue weighted by molar-refractivity contribution is 6.14. The number of carbonyl (C=O) groups is 1. The summed E-state index contributed by atoms with van der Waals surface area (Å²) in [5.74, 6) is 0.109. The summed E-state index contributed by atoms with van der Waals surface area (Å²) in [5.41, 5.74) is 2.95. The molecule has 0 spiro atoms. The van der Waals surface area contributed by atoms with Gasteiger partial charge in [-0.05, 0) is 30.2 Å². The summed E-state index contributed by atoms with van der Waals surface area (Å²) >= 11 is 0. The van der Waals surface area contributed by atoms with Crippen LogP contribution in [0.15, 0.2) is 65.5 Å². The summed E-state index contributed by atoms with van der Waals surface area (Å²) in [5, 5.41) is 16.2. The Morgan fingerprint density at radius 3 is 2.69 bits per heavy atom. The highest BCUT2D eigenvalue weighted by Crippen LogP contribution is 2.21. The van der Waals surface area contributed by atoms with Gasteiger partial charge in [-0.3, -0.25) is 10.1 Å². The number of guanidine groups is 1. The highest BCUT2D eigenvalue weighted by Gasteiger charge is 2.23. The van der Waals surface area contributed by atoms with Gasteiger partial charge in [0.25, 0.3) is 5.91 Å². The lowest BCUT2D eigenvalue weighted by Crippen LogP contribution is -2.38. The fraction of sp³-hybridized carbons (Fsp3) is 0.150. The van der Waals surface area contributed by atoms with Gasteiger partial charge in [-0.2, -0.15) is 0 Å². The fourth-order valence-corrected chi connectivity index (χ4v) is 3.08. The summed E-state index contributed by atoms with van der Waals surface area (Å²) < 4.78 is 0. The van der Waals surface area contributed by atoms with Crippen molar-refractivity contribution in [2.24, 2.45) is 4.99 Å². The quantitative estimate of drug-likeness (QED) is 0.464. The van der Waals surface area contributed by atoms with Gasteiger partial charge in [-0.15, -0.1) is 24.8 Å². The van der Waals surface area contributed by atoms with Crippen LogP contribution in [0.2, 0.25) is 0 Å². The van der Waals surface area contributed by atoms with Gasteiger partial charge in [0.15, 0.2) is 0 Å². The summed E-state index contributed by atoms with van der Waals surface area (Å²) in [6, 6.07) is 13.4. The van der Waals surface area contributed by atoms with Crippen molar-refractivity contribution in [3.05, 3.63) is 71.7 Å². The molecule has 0 bridgehead atoms. The van der Waals surface area contributed by atoms with E-state index in [1.807, 2.05) is 42.5 Å². The van der Waals surface area contributed by atoms with Gasteiger partial charge in [0.2, 0.25) is 5.96 Å². The van der Waals surface area contributed by atoms with Crippen LogP contribution < -0.4 is 10.6 Å². The SMILES string of the molecule is Cl.Cl.O=C1NC(NC(CCO)c2ccccc2)=N/C1=C\c1c[nH]c2ncccc12. The van der Waals surface area contributed by atoms with Gasteiger partial charge in [-0.25, -0.2) is 9.98 Å². The molecule has 2 aromatic heterocycles. The lowest BCUT2D eigenvalue weighted by Gasteiger charge is -2.18. The number of nitrogens with zero attached hydrogens (tertiary/aromatic N) is 2. The van der Waals surface area contributed by atoms with Gasteiger partial charge in [0.05, 0.1) is 6.04 Å². The third-order valence-electron chi connectivity index (χ3n) is 4.40. The first-order valence-corrected chi connectivity index (χ1v) is 8.71. The maximum atomic E-state index is 12.3. The molecule has 152 valence electrons. The predicted molar refractivity (Wildman–Crippen MR) is 118 cm³/mol. The number of halogens is 2. The van der Waals surface area contributed by atoms with Crippen molar-refractivity contribution < 1.29 is 9.90 Å². The first-order valence-electron chi connectivity index (χ1n) is 8.71. The number of hydrogen-bond acceptors (Lipinski definition) is 5. The zero-order chi connectivity index (χ0) is 18.6. The maximum Gasteiger partial charge on any atom is 0.276 e. The number of H-pyrrole nitrogens is 1. The monoisotopic (exact) mass is 433 g/mol. The first kappa shape index (κ1) is 22.4. The molecular formula is C20H21Cl2N5O2. The van der Waals surface area contributed by atoms with E-state index in [0.717, 1.165) is 22.2 Å². The Morgan fingerprint density at radius 2 is 1.93 bits per heavy atom. The first-order chi connectivity index (χ1) is 13.2. The number of aliphatic hydroxyl groups is 1. The summed E-state index contributed by atoms with van der Waals surface area (Å²) in [7, 11) is 0. The Bertz CT molecular complexity index is 1030. The van der Waals surface area contributed by atoms with Gasteiger partial charge < -0.3 is 15.4 Å². The number of aromatic amines is 1. The Kier molecular flexibility index (Phi) is 7.78. The van der Waals surface area contributed by atoms with E-state index in [0.29, 0.717) is 18.1 Å². The normalized spacial score (nSPS) is 15.3. The number of pyridine rings is 1. The molecular weight excluding hydrogens is 413 g/mol. The number of nitrogens with one attached hydrogen (secondary N) is 3. The fourth-order valence-electron chi connectivity index (χ4n) is 3.08. The number of hydrogen-bond donors (Lipinski definition) is 4. The molecule has 3 aromatic rings. The average molecular weight is 434 g/mol. The Hall–Kier alpha value is -2.87. The smallest absolute Gasteiger partial charge is 0.276 e. The largest absolute Gasteiger partial charge is 0.396 e. The molecule has 0 radical (unpaired) electrons. The number of aliphatic imine (C=N–C) groups is 1. The molecule has 0 saturated carbocycles. The van der Waals surface area contributed by atoms with Crippen molar-refractivity contribution in [1.82, 2.24) is 20.6 Å². The molecule has 1 aliphatic heterocycles. The average Bonchev–Trinajstić information content (AvgIpc) is 3.26. The summed E-state index contributed by atoms with van der Waals surface area (Å²) in [4.78, 5) is 24.0. The van der Waals surface area contributed by atoms with Crippen LogP contribution in [0.4, 0.5) is 0 Å². The van der Waals surface area contributed by atoms with Crippen LogP contribution in [-0.2, 0) is 4.79 Å². The van der Waals surface area contributed by atoms with Crippen LogP contribution in [0.5, 0.6) is 0 Å². The molecule has 1 aliphatic rings. The summed E-state index contributed by atoms with van der Waals surface area (Å²) in [6.07, 6.45) is 5.75. The van der Waals surface area contributed by atoms with Crippen LogP contribution in [0.3, 0.4) is 0 Å². The van der Waals surface area contributed by atoms with Gasteiger partial charge in [-0.1, -0.05) is 30.3 Å². The Labute approximate surface area is 180 Å². The lowest BCUT2D eigenvalue weighted by molar-refractivity contribution is -0.115. The van der Waals surface area contributed by atoms with Crippen molar-refractivity contribution in [3.63, 3.8) is 0 Å². The van der Waals surface area contributed by atoms with E-state index in [2.05, 4.69) is 25.6 Å². The molecule has 1 amide bonds. The zero-order valence-corrected chi connectivity index (χ0v) is 17.0. The van der Waals surface area contributed by atoms with E-state index in [1.54, 1.807) is 18.5 Å². The predicted octanol–water partition coefficient (Wildman–Crippen LogP) is 2.95. The molecule has 0 aliphatic carbocycles. The molecule has 7 nitrogen and oxygen atoms in total. The zero-order valence-electron chi connectivity index (χ0n) is 15.3. The topological polar surface area (TPSA) is 102 Å². The molecule has 1 atom stereocenters. The maximum absolute atomic E-state index is 12.3. The van der Waals surface area contributed by atoms with Gasteiger partial charge in [0, 0.05) is 30.0 Å². The van der Waals surface area contributed by atoms with E-state index in [1.165, 1.54) is 0 Å². The van der Waals surface area contributed by atoms with Crippen molar-refractivity contribution in [3.8, 4) is 0 Å². The molecule has 0 saturated heterocycles. The van der Waals surface area contributed by atoms with E-state index < -0.39 is 0 Å². The summed E-state index contributed by atoms with van der Waals surface area (Å²) in [6.45, 7) is 0.0266. The van der Waals surface area contributed by atoms with E-state index in [9.17, 15) is 9.90 Å². The minimum Gasteiger partial charge on any atom is -0.396 e. The number of rotatable bonds is 5. The van der Waals surface area contributed by atoms with Crippen molar-refractivity contribution in [1.29, 1.82) is 0 Å². The Morgan fingerprint density at radius 1 is 1.14 bits per heavy atom. The number of fused-ring (bicyclic) bond motifs is 1. The van der Waals surface area contributed by atoms with E-state index >= 15 is 0 Å². The van der Waals surface area contributed by atoms with Crippen LogP contribution in [0.25, 0.3) is 17.1 Å². The van der Waals surface area contributed by atoms with Crippen molar-refractivity contribution in [2.45, 2.75) is 12.5 Å². The minimum absolute atomic E-state index is 0. The van der Waals surface area contributed by atoms with E-state index in [4.69, 9.17) is 0 Å². The van der Waals surface area contributed by atoms with Gasteiger partial charge in [0.1, 0.15) is 11.3 Å². The van der Waals surface area contributed by atoms with Crippen molar-refractivity contribution in [2.75, 3.05) is 6.61 Å². The molecule has 1 unspecified atom stereocenters. The number of benzene rings is 1. The van der Waals surface area contributed by atoms with Gasteiger partial charge >= 0.3 is 0 Å². The minimum atomic E-state index is -0.272. The van der Waals surface area contributed by atoms with Crippen LogP contribution in [-0.4, -0.2) is 33.5 Å². The van der Waals surface area contributed by atoms with Crippen LogP contribution in [0.1, 0.15) is 23.6 Å². The van der Waals surface area contributed by atoms with Crippen LogP contribution in [0, 0.1) is 0 Å². The van der Waals surface area contributed by atoms with Crippen LogP contribution >= 0.6 is 24.8 Å². The second kappa shape index (κ2) is 10.1. The lowest BCUT2D eigenvalue weighted by atomic mass is 10.0. The second-order valence-corrected chi connectivity index (χ2v) is 6.21. The third-order valence-corrected chi connectivity index (χ3v) is 4.40. The number of aromatic nitrogens is 2. The van der Waals surface area contributed by atoms with E-state index in [-0.39, 0.29) is 43.4 Å². The molecule has 9 heteroatoms. The molecule has 3 heterocycles. The van der Waals surface area contributed by atoms with Crippen molar-refractivity contribution >= 4 is 53.8 Å². The second-order valence-electron chi connectivity index (χ2n) is 6.21. The highest BCUT2D eigenvalue weighted by atomic mass is 35.5.